The number of ether oxygens (including phenoxy) is 6. The topological polar surface area (TPSA) is 95.9 Å². The summed E-state index contributed by atoms with van der Waals surface area (Å²) in [6.45, 7) is 3.82. The van der Waals surface area contributed by atoms with Crippen molar-refractivity contribution in [1.82, 2.24) is 4.90 Å². The van der Waals surface area contributed by atoms with Gasteiger partial charge in [0.15, 0.2) is 40.5 Å². The van der Waals surface area contributed by atoms with Crippen LogP contribution in [0.3, 0.4) is 0 Å². The van der Waals surface area contributed by atoms with Crippen molar-refractivity contribution in [2.24, 2.45) is 0 Å². The highest BCUT2D eigenvalue weighted by molar-refractivity contribution is 5.72. The van der Waals surface area contributed by atoms with Gasteiger partial charge in [-0.1, -0.05) is 109 Å². The van der Waals surface area contributed by atoms with Crippen LogP contribution in [0.2, 0.25) is 0 Å². The first-order chi connectivity index (χ1) is 32.1. The number of carboxylic acid groups (broad SMARTS) is 1. The molecule has 0 saturated heterocycles. The Morgan fingerprint density at radius 3 is 1.92 bits per heavy atom. The third-order valence-corrected chi connectivity index (χ3v) is 15.0. The number of nitrogens with zero attached hydrogens (tertiary/aromatic N) is 2. The quantitative estimate of drug-likeness (QED) is 0.0648. The van der Waals surface area contributed by atoms with Crippen molar-refractivity contribution in [3.63, 3.8) is 0 Å². The molecular formula is C56H77N2O8+. The first-order valence-electron chi connectivity index (χ1n) is 25.0. The molecule has 66 heavy (non-hydrogen) atoms. The van der Waals surface area contributed by atoms with Crippen molar-refractivity contribution < 1.29 is 42.8 Å². The van der Waals surface area contributed by atoms with Crippen molar-refractivity contribution in [3.05, 3.63) is 94.0 Å². The molecule has 0 fully saturated rings. The number of hydrogen-bond donors (Lipinski definition) is 1. The number of rotatable bonds is 21. The zero-order valence-electron chi connectivity index (χ0n) is 41.1. The molecule has 0 spiro atoms. The molecule has 10 nitrogen and oxygen atoms in total. The summed E-state index contributed by atoms with van der Waals surface area (Å²) in [5, 5.41) is 11.1. The van der Waals surface area contributed by atoms with Gasteiger partial charge in [-0.05, 0) is 91.0 Å². The van der Waals surface area contributed by atoms with Gasteiger partial charge >= 0.3 is 5.97 Å². The van der Waals surface area contributed by atoms with E-state index in [1.807, 2.05) is 18.2 Å². The zero-order valence-corrected chi connectivity index (χ0v) is 41.1. The van der Waals surface area contributed by atoms with Gasteiger partial charge in [-0.3, -0.25) is 4.90 Å². The number of carboxylic acids is 1. The maximum atomic E-state index is 13.6. The van der Waals surface area contributed by atoms with Crippen molar-refractivity contribution in [1.29, 1.82) is 0 Å². The molecule has 8 rings (SSSR count). The number of benzene rings is 4. The number of fused-ring (bicyclic) bond motifs is 2. The van der Waals surface area contributed by atoms with Crippen LogP contribution in [-0.2, 0) is 30.5 Å². The van der Waals surface area contributed by atoms with Gasteiger partial charge in [-0.25, -0.2) is 4.79 Å². The standard InChI is InChI=1S/C56H76N2O8/c1-8-9-10-11-12-13-14-15-16-17-18-19-20-21-22-46(56(59)60)58(3)32-30-41-36-49(62-5)51-38-44(41)47(58)34-39-23-26-43(27-24-39)65-50-35-40(25-28-48(50)61-4)33-45-53-42(29-31-57(45)2)37-52(63-6)54(64-7)55(53)66-51/h23-28,35-38,45-47H,8-22,29-34H2,1-7H3/p+1. The highest BCUT2D eigenvalue weighted by Gasteiger charge is 2.48. The Balaban J connectivity index is 1.22. The molecule has 0 aromatic heterocycles. The summed E-state index contributed by atoms with van der Waals surface area (Å²) in [5.41, 5.74) is 6.58. The minimum Gasteiger partial charge on any atom is -0.493 e. The number of unbranched alkanes of at least 4 members (excludes halogenated alkanes) is 13. The van der Waals surface area contributed by atoms with Crippen molar-refractivity contribution in [2.45, 2.75) is 147 Å². The Labute approximate surface area is 395 Å². The number of likely N-dealkylation sites (N-methyl/N-ethyl adjacent to an activating group) is 2. The van der Waals surface area contributed by atoms with Crippen LogP contribution in [0.1, 0.15) is 149 Å². The lowest BCUT2D eigenvalue weighted by Gasteiger charge is -2.49. The van der Waals surface area contributed by atoms with Crippen LogP contribution in [0.4, 0.5) is 0 Å². The maximum absolute atomic E-state index is 13.6. The minimum atomic E-state index is -0.733. The molecule has 4 unspecified atom stereocenters. The van der Waals surface area contributed by atoms with Gasteiger partial charge in [0.1, 0.15) is 11.8 Å². The second kappa shape index (κ2) is 23.2. The highest BCUT2D eigenvalue weighted by atomic mass is 16.5. The molecule has 358 valence electrons. The lowest BCUT2D eigenvalue weighted by atomic mass is 9.84. The second-order valence-corrected chi connectivity index (χ2v) is 19.3. The van der Waals surface area contributed by atoms with E-state index >= 15 is 0 Å². The molecule has 0 saturated carbocycles. The van der Waals surface area contributed by atoms with Gasteiger partial charge in [0, 0.05) is 43.0 Å². The highest BCUT2D eigenvalue weighted by Crippen LogP contribution is 2.53. The van der Waals surface area contributed by atoms with Crippen LogP contribution in [0.25, 0.3) is 0 Å². The zero-order chi connectivity index (χ0) is 46.6. The Morgan fingerprint density at radius 1 is 0.697 bits per heavy atom. The van der Waals surface area contributed by atoms with Crippen LogP contribution >= 0.6 is 0 Å². The number of carbonyl (C=O) groups is 1. The van der Waals surface area contributed by atoms with Gasteiger partial charge < -0.3 is 38.0 Å². The van der Waals surface area contributed by atoms with E-state index in [-0.39, 0.29) is 12.1 Å². The van der Waals surface area contributed by atoms with E-state index < -0.39 is 12.0 Å². The fraction of sp³-hybridized carbons (Fsp3) is 0.554. The van der Waals surface area contributed by atoms with Crippen LogP contribution < -0.4 is 28.4 Å². The third kappa shape index (κ3) is 11.2. The lowest BCUT2D eigenvalue weighted by molar-refractivity contribution is -0.956. The third-order valence-electron chi connectivity index (χ3n) is 15.0. The number of hydrogen-bond acceptors (Lipinski definition) is 8. The molecule has 4 atom stereocenters. The monoisotopic (exact) mass is 906 g/mol. The lowest BCUT2D eigenvalue weighted by Crippen LogP contribution is -2.60. The van der Waals surface area contributed by atoms with Crippen LogP contribution in [0.15, 0.2) is 60.7 Å². The van der Waals surface area contributed by atoms with E-state index in [1.54, 1.807) is 28.4 Å². The molecule has 4 aromatic rings. The normalized spacial score (nSPS) is 19.4. The van der Waals surface area contributed by atoms with E-state index in [2.05, 4.69) is 68.4 Å². The van der Waals surface area contributed by atoms with Crippen LogP contribution in [0.5, 0.6) is 46.0 Å². The Hall–Kier alpha value is -4.93. The molecule has 10 heteroatoms. The number of quaternary nitrogens is 1. The van der Waals surface area contributed by atoms with Crippen molar-refractivity contribution in [3.8, 4) is 46.0 Å². The molecule has 4 aliphatic heterocycles. The first-order valence-corrected chi connectivity index (χ1v) is 25.0. The fourth-order valence-corrected chi connectivity index (χ4v) is 11.0. The molecule has 4 heterocycles. The summed E-state index contributed by atoms with van der Waals surface area (Å²) < 4.78 is 38.3. The molecule has 6 bridgehead atoms. The van der Waals surface area contributed by atoms with E-state index in [0.717, 1.165) is 72.0 Å². The average Bonchev–Trinajstić information content (AvgIpc) is 3.32. The summed E-state index contributed by atoms with van der Waals surface area (Å²) in [6, 6.07) is 19.9. The molecule has 4 aliphatic rings. The summed E-state index contributed by atoms with van der Waals surface area (Å²) in [6.07, 6.45) is 21.2. The molecule has 4 aromatic carbocycles. The van der Waals surface area contributed by atoms with Gasteiger partial charge in [0.2, 0.25) is 5.75 Å². The summed E-state index contributed by atoms with van der Waals surface area (Å²) in [4.78, 5) is 15.9. The van der Waals surface area contributed by atoms with Crippen LogP contribution in [0, 0.1) is 0 Å². The van der Waals surface area contributed by atoms with Crippen molar-refractivity contribution in [2.75, 3.05) is 55.6 Å². The van der Waals surface area contributed by atoms with E-state index in [0.29, 0.717) is 76.3 Å². The predicted molar refractivity (Wildman–Crippen MR) is 262 cm³/mol. The Morgan fingerprint density at radius 2 is 1.30 bits per heavy atom. The SMILES string of the molecule is CCCCCCCCCCCCCCCCC(C(=O)O)[N+]1(C)CCc2cc(OC)c3cc2C1Cc1ccc(cc1)Oc1cc(ccc1OC)CC1c2c(cc(OC)c(OC)c2O3)CCN1C. The van der Waals surface area contributed by atoms with E-state index in [1.165, 1.54) is 70.6 Å². The fourth-order valence-electron chi connectivity index (χ4n) is 11.0. The minimum absolute atomic E-state index is 0.0782. The summed E-state index contributed by atoms with van der Waals surface area (Å²) >= 11 is 0. The van der Waals surface area contributed by atoms with Crippen LogP contribution in [-0.4, -0.2) is 82.1 Å². The number of methoxy groups -OCH3 is 4. The largest absolute Gasteiger partial charge is 0.493 e. The molecule has 1 N–H and O–H groups in total. The van der Waals surface area contributed by atoms with Crippen molar-refractivity contribution >= 4 is 5.97 Å². The second-order valence-electron chi connectivity index (χ2n) is 19.3. The molecule has 0 amide bonds. The molecule has 0 aliphatic carbocycles. The van der Waals surface area contributed by atoms with E-state index in [9.17, 15) is 9.90 Å². The molecule has 0 radical (unpaired) electrons. The Kier molecular flexibility index (Phi) is 17.2. The summed E-state index contributed by atoms with van der Waals surface area (Å²) in [5.74, 6) is 4.15. The first kappa shape index (κ1) is 49.0. The smallest absolute Gasteiger partial charge is 0.362 e. The molecular weight excluding hydrogens is 829 g/mol. The predicted octanol–water partition coefficient (Wildman–Crippen LogP) is 13.0. The van der Waals surface area contributed by atoms with Gasteiger partial charge in [0.25, 0.3) is 0 Å². The van der Waals surface area contributed by atoms with Gasteiger partial charge in [-0.15, -0.1) is 0 Å². The van der Waals surface area contributed by atoms with E-state index in [4.69, 9.17) is 28.4 Å². The number of aliphatic carboxylic acids is 1. The average molecular weight is 906 g/mol. The Bertz CT molecular complexity index is 2220. The van der Waals surface area contributed by atoms with Gasteiger partial charge in [0.05, 0.1) is 42.0 Å². The maximum Gasteiger partial charge on any atom is 0.362 e. The van der Waals surface area contributed by atoms with Gasteiger partial charge in [-0.2, -0.15) is 0 Å². The summed E-state index contributed by atoms with van der Waals surface area (Å²) in [7, 11) is 11.0.